The van der Waals surface area contributed by atoms with Gasteiger partial charge < -0.3 is 9.73 Å². The van der Waals surface area contributed by atoms with Gasteiger partial charge in [0.15, 0.2) is 11.7 Å². The quantitative estimate of drug-likeness (QED) is 0.923. The maximum absolute atomic E-state index is 5.78. The van der Waals surface area contributed by atoms with Gasteiger partial charge in [-0.1, -0.05) is 34.1 Å². The van der Waals surface area contributed by atoms with Gasteiger partial charge in [0.1, 0.15) is 0 Å². The highest BCUT2D eigenvalue weighted by molar-refractivity contribution is 9.10. The fourth-order valence-corrected chi connectivity index (χ4v) is 2.24. The van der Waals surface area contributed by atoms with Crippen molar-refractivity contribution in [3.63, 3.8) is 0 Å². The monoisotopic (exact) mass is 322 g/mol. The van der Waals surface area contributed by atoms with Crippen LogP contribution in [-0.4, -0.2) is 17.1 Å². The lowest BCUT2D eigenvalue weighted by Gasteiger charge is -2.19. The molecule has 0 radical (unpaired) electrons. The first-order valence-electron chi connectivity index (χ1n) is 6.40. The van der Waals surface area contributed by atoms with Crippen LogP contribution < -0.4 is 5.32 Å². The predicted octanol–water partition coefficient (Wildman–Crippen LogP) is 4.03. The van der Waals surface area contributed by atoms with Gasteiger partial charge in [0.2, 0.25) is 0 Å². The van der Waals surface area contributed by atoms with Gasteiger partial charge in [0, 0.05) is 28.5 Å². The Bertz CT molecular complexity index is 543. The fourth-order valence-electron chi connectivity index (χ4n) is 1.76. The molecule has 2 rings (SSSR count). The minimum Gasteiger partial charge on any atom is -0.441 e. The lowest BCUT2D eigenvalue weighted by Crippen LogP contribution is -2.37. The average molecular weight is 323 g/mol. The average Bonchev–Trinajstić information content (AvgIpc) is 2.76. The van der Waals surface area contributed by atoms with Gasteiger partial charge in [0.05, 0.1) is 6.20 Å². The summed E-state index contributed by atoms with van der Waals surface area (Å²) in [5, 5.41) is 3.42. The Morgan fingerprint density at radius 2 is 2.00 bits per heavy atom. The van der Waals surface area contributed by atoms with Crippen LogP contribution in [0.4, 0.5) is 0 Å². The van der Waals surface area contributed by atoms with Gasteiger partial charge in [-0.15, -0.1) is 0 Å². The molecule has 0 saturated carbocycles. The minimum absolute atomic E-state index is 0.123. The molecule has 0 aliphatic carbocycles. The normalized spacial score (nSPS) is 11.8. The third-order valence-electron chi connectivity index (χ3n) is 2.69. The van der Waals surface area contributed by atoms with E-state index in [1.165, 1.54) is 0 Å². The number of aromatic nitrogens is 1. The minimum atomic E-state index is 0.123. The van der Waals surface area contributed by atoms with E-state index in [1.54, 1.807) is 6.20 Å². The zero-order valence-electron chi connectivity index (χ0n) is 11.5. The summed E-state index contributed by atoms with van der Waals surface area (Å²) in [6, 6.07) is 7.99. The first-order valence-corrected chi connectivity index (χ1v) is 7.20. The summed E-state index contributed by atoms with van der Waals surface area (Å²) in [6.07, 6.45) is 2.58. The maximum atomic E-state index is 5.78. The third kappa shape index (κ3) is 4.18. The van der Waals surface area contributed by atoms with Crippen LogP contribution in [0.15, 0.2) is 39.4 Å². The SMILES string of the molecule is CC(C)(C)NCCc1ncc(-c2ccccc2Br)o1. The summed E-state index contributed by atoms with van der Waals surface area (Å²) >= 11 is 3.52. The van der Waals surface area contributed by atoms with E-state index in [0.717, 1.165) is 34.7 Å². The summed E-state index contributed by atoms with van der Waals surface area (Å²) in [5.41, 5.74) is 1.16. The number of nitrogens with zero attached hydrogens (tertiary/aromatic N) is 1. The van der Waals surface area contributed by atoms with Crippen LogP contribution in [0, 0.1) is 0 Å². The molecule has 0 amide bonds. The highest BCUT2D eigenvalue weighted by atomic mass is 79.9. The molecule has 3 nitrogen and oxygen atoms in total. The molecular weight excluding hydrogens is 304 g/mol. The molecule has 0 aliphatic heterocycles. The van der Waals surface area contributed by atoms with Crippen molar-refractivity contribution in [3.8, 4) is 11.3 Å². The van der Waals surface area contributed by atoms with E-state index in [0.29, 0.717) is 0 Å². The Kier molecular flexibility index (Phi) is 4.42. The fraction of sp³-hybridized carbons (Fsp3) is 0.400. The van der Waals surface area contributed by atoms with Crippen molar-refractivity contribution in [2.24, 2.45) is 0 Å². The van der Waals surface area contributed by atoms with E-state index in [2.05, 4.69) is 47.0 Å². The van der Waals surface area contributed by atoms with Gasteiger partial charge in [0.25, 0.3) is 0 Å². The van der Waals surface area contributed by atoms with E-state index in [4.69, 9.17) is 4.42 Å². The molecule has 2 aromatic rings. The maximum Gasteiger partial charge on any atom is 0.196 e. The highest BCUT2D eigenvalue weighted by Gasteiger charge is 2.11. The van der Waals surface area contributed by atoms with Crippen molar-refractivity contribution < 1.29 is 4.42 Å². The van der Waals surface area contributed by atoms with E-state index in [1.807, 2.05) is 24.3 Å². The van der Waals surface area contributed by atoms with E-state index in [-0.39, 0.29) is 5.54 Å². The number of oxazole rings is 1. The molecule has 0 fully saturated rings. The number of benzene rings is 1. The molecular formula is C15H19BrN2O. The number of rotatable bonds is 4. The Labute approximate surface area is 122 Å². The number of hydrogen-bond donors (Lipinski definition) is 1. The van der Waals surface area contributed by atoms with Crippen LogP contribution in [0.3, 0.4) is 0 Å². The van der Waals surface area contributed by atoms with Gasteiger partial charge in [-0.05, 0) is 26.8 Å². The summed E-state index contributed by atoms with van der Waals surface area (Å²) < 4.78 is 6.80. The summed E-state index contributed by atoms with van der Waals surface area (Å²) in [5.74, 6) is 1.57. The van der Waals surface area contributed by atoms with Crippen LogP contribution in [0.25, 0.3) is 11.3 Å². The lowest BCUT2D eigenvalue weighted by atomic mass is 10.1. The zero-order chi connectivity index (χ0) is 13.9. The Balaban J connectivity index is 2.02. The molecule has 4 heteroatoms. The van der Waals surface area contributed by atoms with Crippen LogP contribution in [0.1, 0.15) is 26.7 Å². The Morgan fingerprint density at radius 3 is 2.68 bits per heavy atom. The number of hydrogen-bond acceptors (Lipinski definition) is 3. The second-order valence-electron chi connectivity index (χ2n) is 5.52. The van der Waals surface area contributed by atoms with Gasteiger partial charge >= 0.3 is 0 Å². The molecule has 0 bridgehead atoms. The van der Waals surface area contributed by atoms with Crippen LogP contribution in [0.5, 0.6) is 0 Å². The Morgan fingerprint density at radius 1 is 1.26 bits per heavy atom. The largest absolute Gasteiger partial charge is 0.441 e. The molecule has 1 heterocycles. The lowest BCUT2D eigenvalue weighted by molar-refractivity contribution is 0.412. The van der Waals surface area contributed by atoms with Crippen molar-refractivity contribution in [3.05, 3.63) is 40.8 Å². The third-order valence-corrected chi connectivity index (χ3v) is 3.38. The highest BCUT2D eigenvalue weighted by Crippen LogP contribution is 2.28. The molecule has 0 saturated heterocycles. The van der Waals surface area contributed by atoms with Crippen molar-refractivity contribution in [1.82, 2.24) is 10.3 Å². The van der Waals surface area contributed by atoms with Crippen molar-refractivity contribution in [2.45, 2.75) is 32.7 Å². The first-order chi connectivity index (χ1) is 8.96. The molecule has 0 aliphatic rings. The van der Waals surface area contributed by atoms with Gasteiger partial charge in [-0.3, -0.25) is 0 Å². The number of nitrogens with one attached hydrogen (secondary N) is 1. The van der Waals surface area contributed by atoms with E-state index >= 15 is 0 Å². The molecule has 0 spiro atoms. The van der Waals surface area contributed by atoms with Crippen LogP contribution >= 0.6 is 15.9 Å². The molecule has 0 unspecified atom stereocenters. The van der Waals surface area contributed by atoms with Crippen molar-refractivity contribution in [2.75, 3.05) is 6.54 Å². The summed E-state index contributed by atoms with van der Waals surface area (Å²) in [4.78, 5) is 4.33. The van der Waals surface area contributed by atoms with Gasteiger partial charge in [-0.2, -0.15) is 0 Å². The molecule has 102 valence electrons. The molecule has 0 atom stereocenters. The van der Waals surface area contributed by atoms with E-state index < -0.39 is 0 Å². The Hall–Kier alpha value is -1.13. The smallest absolute Gasteiger partial charge is 0.196 e. The predicted molar refractivity (Wildman–Crippen MR) is 81.1 cm³/mol. The van der Waals surface area contributed by atoms with Crippen molar-refractivity contribution in [1.29, 1.82) is 0 Å². The molecule has 19 heavy (non-hydrogen) atoms. The van der Waals surface area contributed by atoms with Crippen molar-refractivity contribution >= 4 is 15.9 Å². The second-order valence-corrected chi connectivity index (χ2v) is 6.38. The molecule has 1 aromatic heterocycles. The van der Waals surface area contributed by atoms with Gasteiger partial charge in [-0.25, -0.2) is 4.98 Å². The summed E-state index contributed by atoms with van der Waals surface area (Å²) in [7, 11) is 0. The molecule has 1 N–H and O–H groups in total. The number of halogens is 1. The molecule has 1 aromatic carbocycles. The summed E-state index contributed by atoms with van der Waals surface area (Å²) in [6.45, 7) is 7.30. The van der Waals surface area contributed by atoms with E-state index in [9.17, 15) is 0 Å². The zero-order valence-corrected chi connectivity index (χ0v) is 13.1. The standard InChI is InChI=1S/C15H19BrN2O/c1-15(2,3)18-9-8-14-17-10-13(19-14)11-6-4-5-7-12(11)16/h4-7,10,18H,8-9H2,1-3H3. The topological polar surface area (TPSA) is 38.1 Å². The first kappa shape index (κ1) is 14.3. The van der Waals surface area contributed by atoms with Crippen LogP contribution in [-0.2, 0) is 6.42 Å². The second kappa shape index (κ2) is 5.88. The van der Waals surface area contributed by atoms with Crippen LogP contribution in [0.2, 0.25) is 0 Å².